The van der Waals surface area contributed by atoms with Crippen LogP contribution in [0.3, 0.4) is 0 Å². The second-order valence-corrected chi connectivity index (χ2v) is 9.08. The van der Waals surface area contributed by atoms with Gasteiger partial charge >= 0.3 is 5.97 Å². The average molecular weight is 508 g/mol. The molecule has 0 fully saturated rings. The van der Waals surface area contributed by atoms with Crippen LogP contribution in [0.15, 0.2) is 77.8 Å². The first kappa shape index (κ1) is 25.2. The maximum atomic E-state index is 13.3. The molecule has 0 unspecified atom stereocenters. The molecule has 2 atom stereocenters. The van der Waals surface area contributed by atoms with Gasteiger partial charge in [0.1, 0.15) is 17.7 Å². The van der Waals surface area contributed by atoms with Gasteiger partial charge in [-0.25, -0.2) is 9.07 Å². The lowest BCUT2D eigenvalue weighted by molar-refractivity contribution is -0.146. The largest absolute Gasteiger partial charge is 0.484 e. The van der Waals surface area contributed by atoms with Gasteiger partial charge < -0.3 is 14.8 Å². The third kappa shape index (κ3) is 6.04. The molecule has 0 aliphatic carbocycles. The summed E-state index contributed by atoms with van der Waals surface area (Å²) in [6.45, 7) is 2.74. The lowest BCUT2D eigenvalue weighted by Crippen LogP contribution is -2.41. The highest BCUT2D eigenvalue weighted by atomic mass is 32.2. The number of esters is 1. The molecule has 0 bridgehead atoms. The lowest BCUT2D eigenvalue weighted by atomic mass is 10.0. The SMILES string of the molecule is CSc1ccc([C@H](Oc2ccc3c(cnn3-c3ccc(F)cc3)c2)[C@H](C)NC(=O)COC(C)=O)cc1. The fourth-order valence-electron chi connectivity index (χ4n) is 3.81. The van der Waals surface area contributed by atoms with Crippen LogP contribution in [0.2, 0.25) is 0 Å². The standard InChI is InChI=1S/C27H26FN3O4S/c1-17(30-26(33)16-34-18(2)32)27(19-4-11-24(36-3)12-5-19)35-23-10-13-25-20(14-23)15-29-31(25)22-8-6-21(28)7-9-22/h4-15,17,27H,16H2,1-3H3,(H,30,33)/t17-,27+/m0/s1. The Morgan fingerprint density at radius 1 is 1.08 bits per heavy atom. The minimum Gasteiger partial charge on any atom is -0.484 e. The van der Waals surface area contributed by atoms with Crippen molar-refractivity contribution in [1.29, 1.82) is 0 Å². The van der Waals surface area contributed by atoms with Gasteiger partial charge in [-0.05, 0) is 73.3 Å². The number of hydrogen-bond acceptors (Lipinski definition) is 6. The van der Waals surface area contributed by atoms with E-state index in [4.69, 9.17) is 9.47 Å². The van der Waals surface area contributed by atoms with E-state index in [1.165, 1.54) is 19.1 Å². The number of ether oxygens (including phenoxy) is 2. The summed E-state index contributed by atoms with van der Waals surface area (Å²) in [5, 5.41) is 8.14. The molecule has 7 nitrogen and oxygen atoms in total. The minimum atomic E-state index is -0.521. The van der Waals surface area contributed by atoms with E-state index in [1.807, 2.05) is 55.6 Å². The van der Waals surface area contributed by atoms with Gasteiger partial charge in [-0.1, -0.05) is 12.1 Å². The van der Waals surface area contributed by atoms with Crippen LogP contribution in [0.4, 0.5) is 4.39 Å². The van der Waals surface area contributed by atoms with Crippen molar-refractivity contribution in [3.8, 4) is 11.4 Å². The molecule has 1 N–H and O–H groups in total. The maximum Gasteiger partial charge on any atom is 0.303 e. The third-order valence-corrected chi connectivity index (χ3v) is 6.31. The van der Waals surface area contributed by atoms with E-state index >= 15 is 0 Å². The summed E-state index contributed by atoms with van der Waals surface area (Å²) in [6, 6.07) is 19.2. The molecule has 0 aliphatic heterocycles. The Kier molecular flexibility index (Phi) is 7.90. The van der Waals surface area contributed by atoms with Crippen LogP contribution in [0.5, 0.6) is 5.75 Å². The molecule has 36 heavy (non-hydrogen) atoms. The number of carbonyl (C=O) groups is 2. The second-order valence-electron chi connectivity index (χ2n) is 8.20. The monoisotopic (exact) mass is 507 g/mol. The number of thioether (sulfide) groups is 1. The third-order valence-electron chi connectivity index (χ3n) is 5.57. The van der Waals surface area contributed by atoms with E-state index in [0.29, 0.717) is 5.75 Å². The van der Waals surface area contributed by atoms with Crippen molar-refractivity contribution in [3.05, 3.63) is 84.3 Å². The van der Waals surface area contributed by atoms with Gasteiger partial charge in [-0.15, -0.1) is 11.8 Å². The first-order valence-electron chi connectivity index (χ1n) is 11.3. The molecule has 1 amide bonds. The van der Waals surface area contributed by atoms with Crippen LogP contribution in [-0.2, 0) is 14.3 Å². The van der Waals surface area contributed by atoms with Crippen LogP contribution < -0.4 is 10.1 Å². The van der Waals surface area contributed by atoms with E-state index in [1.54, 1.807) is 34.8 Å². The molecule has 0 saturated heterocycles. The topological polar surface area (TPSA) is 82.4 Å². The number of rotatable bonds is 9. The van der Waals surface area contributed by atoms with Crippen molar-refractivity contribution in [2.75, 3.05) is 12.9 Å². The van der Waals surface area contributed by atoms with E-state index in [-0.39, 0.29) is 12.4 Å². The highest BCUT2D eigenvalue weighted by Gasteiger charge is 2.24. The minimum absolute atomic E-state index is 0.309. The van der Waals surface area contributed by atoms with Crippen molar-refractivity contribution in [2.45, 2.75) is 30.9 Å². The van der Waals surface area contributed by atoms with Gasteiger partial charge in [0.25, 0.3) is 5.91 Å². The van der Waals surface area contributed by atoms with Gasteiger partial charge in [0.05, 0.1) is 23.4 Å². The van der Waals surface area contributed by atoms with Crippen molar-refractivity contribution >= 4 is 34.5 Å². The Morgan fingerprint density at radius 3 is 2.47 bits per heavy atom. The smallest absolute Gasteiger partial charge is 0.303 e. The summed E-state index contributed by atoms with van der Waals surface area (Å²) in [6.07, 6.45) is 3.21. The molecular weight excluding hydrogens is 481 g/mol. The molecule has 3 aromatic carbocycles. The molecule has 4 rings (SSSR count). The van der Waals surface area contributed by atoms with Gasteiger partial charge in [0.15, 0.2) is 6.61 Å². The number of nitrogens with one attached hydrogen (secondary N) is 1. The number of carbonyl (C=O) groups excluding carboxylic acids is 2. The molecule has 1 aromatic heterocycles. The molecule has 0 saturated carbocycles. The van der Waals surface area contributed by atoms with Crippen molar-refractivity contribution < 1.29 is 23.5 Å². The van der Waals surface area contributed by atoms with Gasteiger partial charge in [0, 0.05) is 17.2 Å². The summed E-state index contributed by atoms with van der Waals surface area (Å²) >= 11 is 1.64. The predicted molar refractivity (Wildman–Crippen MR) is 137 cm³/mol. The van der Waals surface area contributed by atoms with Crippen molar-refractivity contribution in [2.24, 2.45) is 0 Å². The number of fused-ring (bicyclic) bond motifs is 1. The first-order valence-corrected chi connectivity index (χ1v) is 12.5. The quantitative estimate of drug-likeness (QED) is 0.252. The van der Waals surface area contributed by atoms with Gasteiger partial charge in [-0.2, -0.15) is 5.10 Å². The molecule has 9 heteroatoms. The van der Waals surface area contributed by atoms with E-state index < -0.39 is 24.0 Å². The van der Waals surface area contributed by atoms with E-state index in [0.717, 1.165) is 27.0 Å². The van der Waals surface area contributed by atoms with Crippen LogP contribution in [0.25, 0.3) is 16.6 Å². The first-order chi connectivity index (χ1) is 17.3. The average Bonchev–Trinajstić information content (AvgIpc) is 3.30. The Hall–Kier alpha value is -3.85. The highest BCUT2D eigenvalue weighted by Crippen LogP contribution is 2.30. The summed E-state index contributed by atoms with van der Waals surface area (Å²) in [4.78, 5) is 24.5. The number of nitrogens with zero attached hydrogens (tertiary/aromatic N) is 2. The molecule has 0 radical (unpaired) electrons. The zero-order valence-corrected chi connectivity index (χ0v) is 20.9. The highest BCUT2D eigenvalue weighted by molar-refractivity contribution is 7.98. The fraction of sp³-hybridized carbons (Fsp3) is 0.222. The normalized spacial score (nSPS) is 12.7. The summed E-state index contributed by atoms with van der Waals surface area (Å²) in [7, 11) is 0. The second kappa shape index (κ2) is 11.3. The molecule has 4 aromatic rings. The van der Waals surface area contributed by atoms with Crippen molar-refractivity contribution in [3.63, 3.8) is 0 Å². The summed E-state index contributed by atoms with van der Waals surface area (Å²) in [5.74, 6) is -0.645. The van der Waals surface area contributed by atoms with Crippen LogP contribution >= 0.6 is 11.8 Å². The maximum absolute atomic E-state index is 13.3. The number of aromatic nitrogens is 2. The number of amides is 1. The zero-order chi connectivity index (χ0) is 25.7. The Morgan fingerprint density at radius 2 is 1.81 bits per heavy atom. The predicted octanol–water partition coefficient (Wildman–Crippen LogP) is 5.07. The number of hydrogen-bond donors (Lipinski definition) is 1. The summed E-state index contributed by atoms with van der Waals surface area (Å²) in [5.41, 5.74) is 2.48. The van der Waals surface area contributed by atoms with Crippen molar-refractivity contribution in [1.82, 2.24) is 15.1 Å². The Balaban J connectivity index is 1.59. The Labute approximate surface area is 212 Å². The molecule has 186 valence electrons. The molecule has 0 spiro atoms. The van der Waals surface area contributed by atoms with E-state index in [9.17, 15) is 14.0 Å². The molecule has 1 heterocycles. The van der Waals surface area contributed by atoms with Crippen LogP contribution in [-0.4, -0.2) is 40.6 Å². The van der Waals surface area contributed by atoms with Gasteiger partial charge in [-0.3, -0.25) is 9.59 Å². The Bertz CT molecular complexity index is 1360. The van der Waals surface area contributed by atoms with Crippen LogP contribution in [0, 0.1) is 5.82 Å². The number of halogens is 1. The van der Waals surface area contributed by atoms with E-state index in [2.05, 4.69) is 10.4 Å². The fourth-order valence-corrected chi connectivity index (χ4v) is 4.22. The number of benzene rings is 3. The molecular formula is C27H26FN3O4S. The molecule has 0 aliphatic rings. The van der Waals surface area contributed by atoms with Crippen LogP contribution in [0.1, 0.15) is 25.5 Å². The summed E-state index contributed by atoms with van der Waals surface area (Å²) < 4.78 is 26.2. The zero-order valence-electron chi connectivity index (χ0n) is 20.1. The van der Waals surface area contributed by atoms with Gasteiger partial charge in [0.2, 0.25) is 0 Å². The lowest BCUT2D eigenvalue weighted by Gasteiger charge is -2.26.